The molecule has 2 atom stereocenters. The van der Waals surface area contributed by atoms with E-state index in [9.17, 15) is 4.39 Å². The topological polar surface area (TPSA) is 3.24 Å². The summed E-state index contributed by atoms with van der Waals surface area (Å²) in [5.41, 5.74) is 2.49. The molecule has 1 fully saturated rings. The zero-order valence-corrected chi connectivity index (χ0v) is 12.5. The molecule has 94 valence electrons. The monoisotopic (exact) mass is 347 g/mol. The lowest BCUT2D eigenvalue weighted by Crippen LogP contribution is -2.35. The third-order valence-electron chi connectivity index (χ3n) is 3.52. The van der Waals surface area contributed by atoms with Gasteiger partial charge in [0.25, 0.3) is 0 Å². The molecule has 0 amide bonds. The van der Waals surface area contributed by atoms with E-state index in [-0.39, 0.29) is 5.92 Å². The molecule has 0 spiro atoms. The van der Waals surface area contributed by atoms with Gasteiger partial charge < -0.3 is 0 Å². The Kier molecular flexibility index (Phi) is 4.42. The van der Waals surface area contributed by atoms with E-state index in [1.165, 1.54) is 5.56 Å². The van der Waals surface area contributed by atoms with Crippen molar-refractivity contribution in [2.24, 2.45) is 0 Å². The predicted octanol–water partition coefficient (Wildman–Crippen LogP) is 4.29. The number of nitrogens with zero attached hydrogens (tertiary/aromatic N) is 1. The van der Waals surface area contributed by atoms with E-state index < -0.39 is 6.17 Å². The Bertz CT molecular complexity index is 363. The van der Waals surface area contributed by atoms with E-state index >= 15 is 0 Å². The van der Waals surface area contributed by atoms with Crippen molar-refractivity contribution in [3.8, 4) is 0 Å². The second-order valence-corrected chi connectivity index (χ2v) is 6.47. The van der Waals surface area contributed by atoms with Gasteiger partial charge in [-0.25, -0.2) is 7.50 Å². The molecule has 0 N–H and O–H groups in total. The molecule has 0 unspecified atom stereocenters. The van der Waals surface area contributed by atoms with Gasteiger partial charge in [-0.2, -0.15) is 0 Å². The van der Waals surface area contributed by atoms with Crippen LogP contribution in [0.25, 0.3) is 0 Å². The molecule has 1 heterocycles. The molecule has 0 radical (unpaired) electrons. The molecule has 3 heteroatoms. The summed E-state index contributed by atoms with van der Waals surface area (Å²) < 4.78 is 16.0. The summed E-state index contributed by atoms with van der Waals surface area (Å²) in [6.07, 6.45) is 0.191. The molecule has 1 aromatic carbocycles. The van der Waals surface area contributed by atoms with Crippen molar-refractivity contribution >= 4 is 22.9 Å². The number of piperidine rings is 1. The Morgan fingerprint density at radius 1 is 1.29 bits per heavy atom. The molecule has 17 heavy (non-hydrogen) atoms. The van der Waals surface area contributed by atoms with Crippen molar-refractivity contribution in [3.05, 3.63) is 35.4 Å². The molecular formula is C14H19FIN. The fourth-order valence-electron chi connectivity index (χ4n) is 2.37. The summed E-state index contributed by atoms with van der Waals surface area (Å²) >= 11 is 2.21. The van der Waals surface area contributed by atoms with Crippen LogP contribution >= 0.6 is 22.9 Å². The summed E-state index contributed by atoms with van der Waals surface area (Å²) in [6.45, 7) is 5.90. The second-order valence-electron chi connectivity index (χ2n) is 5.10. The Morgan fingerprint density at radius 2 is 1.94 bits per heavy atom. The Balaban J connectivity index is 2.11. The van der Waals surface area contributed by atoms with Gasteiger partial charge in [0.15, 0.2) is 0 Å². The van der Waals surface area contributed by atoms with Gasteiger partial charge in [0.1, 0.15) is 6.17 Å². The van der Waals surface area contributed by atoms with Crippen LogP contribution in [0.1, 0.15) is 43.2 Å². The molecule has 1 aliphatic heterocycles. The van der Waals surface area contributed by atoms with Crippen LogP contribution in [0.3, 0.4) is 0 Å². The third-order valence-corrected chi connectivity index (χ3v) is 4.40. The Morgan fingerprint density at radius 3 is 2.47 bits per heavy atom. The van der Waals surface area contributed by atoms with E-state index in [0.29, 0.717) is 12.5 Å². The average molecular weight is 347 g/mol. The maximum Gasteiger partial charge on any atom is 0.120 e. The second kappa shape index (κ2) is 5.65. The van der Waals surface area contributed by atoms with Gasteiger partial charge >= 0.3 is 0 Å². The van der Waals surface area contributed by atoms with Crippen molar-refractivity contribution in [1.29, 1.82) is 0 Å². The average Bonchev–Trinajstić information content (AvgIpc) is 2.29. The first-order valence-electron chi connectivity index (χ1n) is 6.22. The Hall–Kier alpha value is -0.160. The predicted molar refractivity (Wildman–Crippen MR) is 78.4 cm³/mol. The van der Waals surface area contributed by atoms with Crippen LogP contribution in [0.15, 0.2) is 24.3 Å². The summed E-state index contributed by atoms with van der Waals surface area (Å²) in [5.74, 6) is 0.628. The van der Waals surface area contributed by atoms with Gasteiger partial charge in [0.2, 0.25) is 0 Å². The van der Waals surface area contributed by atoms with Crippen LogP contribution in [0, 0.1) is 0 Å². The van der Waals surface area contributed by atoms with Crippen LogP contribution in [0.5, 0.6) is 0 Å². The highest BCUT2D eigenvalue weighted by Gasteiger charge is 2.29. The number of benzene rings is 1. The first-order valence-corrected chi connectivity index (χ1v) is 7.19. The van der Waals surface area contributed by atoms with E-state index in [2.05, 4.69) is 61.0 Å². The minimum atomic E-state index is -0.731. The highest BCUT2D eigenvalue weighted by atomic mass is 127. The van der Waals surface area contributed by atoms with Gasteiger partial charge in [0.05, 0.1) is 0 Å². The normalized spacial score (nSPS) is 26.4. The first-order chi connectivity index (χ1) is 8.08. The van der Waals surface area contributed by atoms with Gasteiger partial charge in [-0.15, -0.1) is 0 Å². The Labute approximate surface area is 117 Å². The van der Waals surface area contributed by atoms with Crippen molar-refractivity contribution < 1.29 is 4.39 Å². The minimum Gasteiger partial charge on any atom is -0.245 e. The molecule has 0 aromatic heterocycles. The summed E-state index contributed by atoms with van der Waals surface area (Å²) in [7, 11) is 0. The first kappa shape index (κ1) is 13.3. The quantitative estimate of drug-likeness (QED) is 0.570. The SMILES string of the molecule is CC(C)c1ccc([C@H]2CCN(I)C[C@H]2F)cc1. The van der Waals surface area contributed by atoms with E-state index in [4.69, 9.17) is 0 Å². The third kappa shape index (κ3) is 3.19. The number of hydrogen-bond donors (Lipinski definition) is 0. The maximum absolute atomic E-state index is 14.0. The largest absolute Gasteiger partial charge is 0.245 e. The van der Waals surface area contributed by atoms with Gasteiger partial charge in [-0.1, -0.05) is 38.1 Å². The van der Waals surface area contributed by atoms with E-state index in [0.717, 1.165) is 18.5 Å². The number of halogens is 2. The molecule has 2 rings (SSSR count). The lowest BCUT2D eigenvalue weighted by Gasteiger charge is -2.31. The molecule has 0 aliphatic carbocycles. The number of rotatable bonds is 2. The fourth-order valence-corrected chi connectivity index (χ4v) is 3.03. The fraction of sp³-hybridized carbons (Fsp3) is 0.571. The van der Waals surface area contributed by atoms with Crippen LogP contribution in [0.4, 0.5) is 4.39 Å². The molecule has 0 bridgehead atoms. The lowest BCUT2D eigenvalue weighted by atomic mass is 9.87. The summed E-state index contributed by atoms with van der Waals surface area (Å²) in [6, 6.07) is 8.50. The number of alkyl halides is 1. The van der Waals surface area contributed by atoms with Crippen LogP contribution < -0.4 is 0 Å². The van der Waals surface area contributed by atoms with Gasteiger partial charge in [-0.3, -0.25) is 0 Å². The van der Waals surface area contributed by atoms with Crippen molar-refractivity contribution in [3.63, 3.8) is 0 Å². The number of hydrogen-bond acceptors (Lipinski definition) is 1. The molecule has 1 saturated heterocycles. The maximum atomic E-state index is 14.0. The summed E-state index contributed by atoms with van der Waals surface area (Å²) in [4.78, 5) is 0. The molecule has 1 nitrogen and oxygen atoms in total. The highest BCUT2D eigenvalue weighted by Crippen LogP contribution is 2.32. The van der Waals surface area contributed by atoms with Gasteiger partial charge in [-0.05, 0) is 23.5 Å². The van der Waals surface area contributed by atoms with Crippen molar-refractivity contribution in [2.45, 2.75) is 38.3 Å². The zero-order valence-electron chi connectivity index (χ0n) is 10.4. The van der Waals surface area contributed by atoms with Crippen LogP contribution in [-0.4, -0.2) is 22.4 Å². The zero-order chi connectivity index (χ0) is 12.4. The van der Waals surface area contributed by atoms with E-state index in [1.807, 2.05) is 3.11 Å². The molecular weight excluding hydrogens is 328 g/mol. The van der Waals surface area contributed by atoms with Crippen LogP contribution in [0.2, 0.25) is 0 Å². The smallest absolute Gasteiger partial charge is 0.120 e. The highest BCUT2D eigenvalue weighted by molar-refractivity contribution is 14.1. The van der Waals surface area contributed by atoms with Crippen molar-refractivity contribution in [1.82, 2.24) is 3.11 Å². The minimum absolute atomic E-state index is 0.0854. The molecule has 0 saturated carbocycles. The van der Waals surface area contributed by atoms with E-state index in [1.54, 1.807) is 0 Å². The van der Waals surface area contributed by atoms with Gasteiger partial charge in [0, 0.05) is 41.9 Å². The molecule has 1 aromatic rings. The standard InChI is InChI=1S/C14H19FIN/c1-10(2)11-3-5-12(6-4-11)13-7-8-17(16)9-14(13)15/h3-6,10,13-14H,7-9H2,1-2H3/t13-,14-/m1/s1. The summed E-state index contributed by atoms with van der Waals surface area (Å²) in [5, 5.41) is 0. The van der Waals surface area contributed by atoms with Crippen molar-refractivity contribution in [2.75, 3.05) is 13.1 Å². The van der Waals surface area contributed by atoms with Crippen LogP contribution in [-0.2, 0) is 0 Å². The lowest BCUT2D eigenvalue weighted by molar-refractivity contribution is 0.193. The molecule has 1 aliphatic rings.